The van der Waals surface area contributed by atoms with Crippen LogP contribution in [0.3, 0.4) is 0 Å². The molecule has 0 spiro atoms. The molecule has 0 bridgehead atoms. The minimum Gasteiger partial charge on any atom is -0.790 e. The number of nitrogens with zero attached hydrogens (tertiary/aromatic N) is 1. The first-order valence-corrected chi connectivity index (χ1v) is 12.6. The first kappa shape index (κ1) is 43.0. The monoisotopic (exact) mass is 646 g/mol. The van der Waals surface area contributed by atoms with Crippen LogP contribution >= 0.6 is 15.6 Å². The maximum atomic E-state index is 12.3. The second-order valence-electron chi connectivity index (χ2n) is 7.30. The number of carbonyl (C=O) groups is 2. The number of rotatable bonds is 12. The molecule has 0 aliphatic carbocycles. The van der Waals surface area contributed by atoms with E-state index in [1.807, 2.05) is 0 Å². The third-order valence-electron chi connectivity index (χ3n) is 4.69. The normalized spacial score (nSPS) is 25.0. The molecule has 1 aromatic heterocycles. The molecule has 0 aromatic carbocycles. The fourth-order valence-electron chi connectivity index (χ4n) is 2.98. The van der Waals surface area contributed by atoms with E-state index in [0.717, 1.165) is 12.3 Å². The number of aldehydes is 1. The quantitative estimate of drug-likeness (QED) is 0.0531. The van der Waals surface area contributed by atoms with Crippen LogP contribution in [-0.4, -0.2) is 96.7 Å². The van der Waals surface area contributed by atoms with Gasteiger partial charge in [0.05, 0.1) is 14.4 Å². The minimum atomic E-state index is -6.10. The number of H-pyrrole nitrogens is 1. The molecule has 1 saturated heterocycles. The van der Waals surface area contributed by atoms with E-state index in [2.05, 4.69) is 8.83 Å². The van der Waals surface area contributed by atoms with Gasteiger partial charge in [0.2, 0.25) is 0 Å². The fourth-order valence-corrected chi connectivity index (χ4v) is 4.48. The van der Waals surface area contributed by atoms with Gasteiger partial charge in [0.15, 0.2) is 24.7 Å². The number of aliphatic hydroxyl groups is 5. The summed E-state index contributed by atoms with van der Waals surface area (Å²) in [7, 11) is -12.0. The second-order valence-corrected chi connectivity index (χ2v) is 10.00. The maximum absolute atomic E-state index is 12.3. The summed E-state index contributed by atoms with van der Waals surface area (Å²) in [4.78, 5) is 80.6. The van der Waals surface area contributed by atoms with Gasteiger partial charge < -0.3 is 63.6 Å². The van der Waals surface area contributed by atoms with E-state index in [1.54, 1.807) is 4.98 Å². The van der Waals surface area contributed by atoms with Crippen LogP contribution in [0.15, 0.2) is 21.9 Å². The van der Waals surface area contributed by atoms with Crippen molar-refractivity contribution in [3.05, 3.63) is 33.1 Å². The van der Waals surface area contributed by atoms with Crippen LogP contribution in [0.5, 0.6) is 0 Å². The van der Waals surface area contributed by atoms with Crippen LogP contribution in [-0.2, 0) is 37.0 Å². The summed E-state index contributed by atoms with van der Waals surface area (Å²) in [5.41, 5.74) is -2.03. The van der Waals surface area contributed by atoms with Gasteiger partial charge in [-0.25, -0.2) is 9.59 Å². The second kappa shape index (κ2) is 18.0. The van der Waals surface area contributed by atoms with E-state index in [9.17, 15) is 68.5 Å². The molecule has 20 nitrogen and oxygen atoms in total. The molecular weight excluding hydrogens is 627 g/mol. The van der Waals surface area contributed by atoms with Crippen LogP contribution in [0.2, 0.25) is 0 Å². The van der Waals surface area contributed by atoms with Crippen LogP contribution in [0.25, 0.3) is 0 Å². The summed E-state index contributed by atoms with van der Waals surface area (Å²) in [6, 6.07) is 0.807. The predicted molar refractivity (Wildman–Crippen MR) is 103 cm³/mol. The van der Waals surface area contributed by atoms with Crippen molar-refractivity contribution in [1.29, 1.82) is 0 Å². The average molecular weight is 646 g/mol. The van der Waals surface area contributed by atoms with Gasteiger partial charge in [-0.1, -0.05) is 0 Å². The van der Waals surface area contributed by atoms with E-state index in [1.165, 1.54) is 0 Å². The van der Waals surface area contributed by atoms with Crippen LogP contribution in [0.1, 0.15) is 6.23 Å². The Labute approximate surface area is 289 Å². The Balaban J connectivity index is 0. The molecule has 1 aliphatic rings. The first-order valence-electron chi connectivity index (χ1n) is 9.69. The molecule has 2 heterocycles. The molecule has 1 aromatic rings. The van der Waals surface area contributed by atoms with Gasteiger partial charge in [-0.3, -0.25) is 23.2 Å². The largest absolute Gasteiger partial charge is 1.00 e. The number of aromatic amines is 1. The summed E-state index contributed by atoms with van der Waals surface area (Å²) in [6.45, 7) is -1.32. The molecule has 40 heavy (non-hydrogen) atoms. The van der Waals surface area contributed by atoms with Gasteiger partial charge in [0.1, 0.15) is 30.5 Å². The molecule has 2 rings (SSSR count). The zero-order valence-electron chi connectivity index (χ0n) is 20.9. The van der Waals surface area contributed by atoms with E-state index in [4.69, 9.17) is 9.47 Å². The molecule has 0 saturated carbocycles. The van der Waals surface area contributed by atoms with Gasteiger partial charge in [-0.15, -0.1) is 0 Å². The molecule has 6 N–H and O–H groups in total. The van der Waals surface area contributed by atoms with Gasteiger partial charge in [0.25, 0.3) is 13.4 Å². The molecule has 1 aliphatic heterocycles. The smallest absolute Gasteiger partial charge is 0.790 e. The Morgan fingerprint density at radius 1 is 1.12 bits per heavy atom. The number of hydrogen-bond acceptors (Lipinski definition) is 18. The molecular formula is C15H19N2Na3O18P2. The number of phosphoric acid groups is 2. The Kier molecular flexibility index (Phi) is 19.3. The van der Waals surface area contributed by atoms with Crippen molar-refractivity contribution in [1.82, 2.24) is 9.55 Å². The van der Waals surface area contributed by atoms with E-state index < -0.39 is 88.4 Å². The van der Waals surface area contributed by atoms with Gasteiger partial charge >= 0.3 is 100 Å². The van der Waals surface area contributed by atoms with Crippen LogP contribution in [0, 0.1) is 0 Å². The number of aliphatic hydroxyl groups excluding tert-OH is 5. The Morgan fingerprint density at radius 2 is 1.70 bits per heavy atom. The van der Waals surface area contributed by atoms with Crippen molar-refractivity contribution in [2.24, 2.45) is 0 Å². The van der Waals surface area contributed by atoms with E-state index in [0.29, 0.717) is 4.57 Å². The number of ether oxygens (including phenoxy) is 2. The zero-order chi connectivity index (χ0) is 28.3. The predicted octanol–water partition coefficient (Wildman–Crippen LogP) is -16.3. The van der Waals surface area contributed by atoms with E-state index in [-0.39, 0.29) is 95.0 Å². The molecule has 1 fully saturated rings. The summed E-state index contributed by atoms with van der Waals surface area (Å²) in [5.74, 6) is -1.83. The van der Waals surface area contributed by atoms with Gasteiger partial charge in [0, 0.05) is 12.3 Å². The SMILES string of the molecule is O=C[C@H](O)[C@@H](O)[C@H](O)[C@H](O)C(=O)O[C@H]1[C@@H](O)[C@H](n2ccc(=O)[nH]c2=O)O[C@@H]1COP(=O)([O-])OP(=O)([O-])[O-].[Na+].[Na+].[Na+]. The van der Waals surface area contributed by atoms with Crippen molar-refractivity contribution in [3.8, 4) is 0 Å². The third-order valence-corrected chi connectivity index (χ3v) is 6.75. The van der Waals surface area contributed by atoms with Crippen LogP contribution < -0.4 is 115 Å². The van der Waals surface area contributed by atoms with E-state index >= 15 is 0 Å². The number of carbonyl (C=O) groups excluding carboxylic acids is 2. The summed E-state index contributed by atoms with van der Waals surface area (Å²) in [6.07, 6.45) is -17.1. The average Bonchev–Trinajstić information content (AvgIpc) is 3.09. The molecule has 9 atom stereocenters. The van der Waals surface area contributed by atoms with Crippen molar-refractivity contribution >= 4 is 27.9 Å². The molecule has 25 heteroatoms. The van der Waals surface area contributed by atoms with Crippen molar-refractivity contribution in [2.45, 2.75) is 49.0 Å². The number of esters is 1. The Hall–Kier alpha value is 0.840. The summed E-state index contributed by atoms with van der Waals surface area (Å²) >= 11 is 0. The topological polar surface area (TPSA) is 330 Å². The maximum Gasteiger partial charge on any atom is 1.00 e. The molecule has 0 amide bonds. The first-order chi connectivity index (χ1) is 17.0. The number of nitrogens with one attached hydrogen (secondary N) is 1. The summed E-state index contributed by atoms with van der Waals surface area (Å²) in [5, 5.41) is 49.0. The van der Waals surface area contributed by atoms with Crippen molar-refractivity contribution < 1.29 is 166 Å². The van der Waals surface area contributed by atoms with Gasteiger partial charge in [-0.05, 0) is 0 Å². The van der Waals surface area contributed by atoms with Crippen molar-refractivity contribution in [2.75, 3.05) is 6.61 Å². The Morgan fingerprint density at radius 3 is 2.20 bits per heavy atom. The number of phosphoric ester groups is 1. The minimum absolute atomic E-state index is 0. The third kappa shape index (κ3) is 12.1. The fraction of sp³-hybridized carbons (Fsp3) is 0.600. The molecule has 210 valence electrons. The van der Waals surface area contributed by atoms with Crippen molar-refractivity contribution in [3.63, 3.8) is 0 Å². The molecule has 1 unspecified atom stereocenters. The Bertz CT molecular complexity index is 1190. The number of hydrogen-bond donors (Lipinski definition) is 6. The standard InChI is InChI=1S/C15H22N2O18P2.3Na/c18-3-5(19)8(21)9(22)10(23)14(25)34-12-6(4-32-37(30,31)35-36(27,28)29)33-13(11(12)24)17-2-1-7(20)16-15(17)26;;;/h1-3,5-6,8-13,19,21-24H,4H2,(H,30,31)(H,16,20,26)(H2,27,28,29);;;/q;3*+1/p-3/t5-,6+,8+,9-,10-,11+,12+,13+;;;/m0.../s1. The zero-order valence-corrected chi connectivity index (χ0v) is 28.7. The number of aromatic nitrogens is 2. The summed E-state index contributed by atoms with van der Waals surface area (Å²) < 4.78 is 40.1. The van der Waals surface area contributed by atoms with Gasteiger partial charge in [-0.2, -0.15) is 0 Å². The molecule has 0 radical (unpaired) electrons. The van der Waals surface area contributed by atoms with Crippen LogP contribution in [0.4, 0.5) is 0 Å².